The molecule has 1 aliphatic rings. The molecule has 0 unspecified atom stereocenters. The van der Waals surface area contributed by atoms with Crippen LogP contribution in [0.2, 0.25) is 5.15 Å². The molecular weight excluding hydrogens is 267 g/mol. The highest BCUT2D eigenvalue weighted by molar-refractivity contribution is 9.10. The number of nitrogens with zero attached hydrogens (tertiary/aromatic N) is 2. The third kappa shape index (κ3) is 2.19. The molecule has 0 spiro atoms. The van der Waals surface area contributed by atoms with E-state index in [1.54, 1.807) is 6.07 Å². The van der Waals surface area contributed by atoms with Gasteiger partial charge in [-0.15, -0.1) is 0 Å². The van der Waals surface area contributed by atoms with Crippen LogP contribution in [0.15, 0.2) is 16.6 Å². The van der Waals surface area contributed by atoms with Gasteiger partial charge in [0.05, 0.1) is 17.7 Å². The molecule has 2 heterocycles. The lowest BCUT2D eigenvalue weighted by molar-refractivity contribution is 0.122. The van der Waals surface area contributed by atoms with Crippen LogP contribution in [0.1, 0.15) is 0 Å². The molecule has 5 heteroatoms. The van der Waals surface area contributed by atoms with Crippen LogP contribution in [-0.2, 0) is 4.74 Å². The van der Waals surface area contributed by atoms with Crippen LogP contribution in [0.25, 0.3) is 0 Å². The summed E-state index contributed by atoms with van der Waals surface area (Å²) in [5, 5.41) is 0.523. The Morgan fingerprint density at radius 2 is 2.07 bits per heavy atom. The Morgan fingerprint density at radius 3 is 2.79 bits per heavy atom. The van der Waals surface area contributed by atoms with Crippen molar-refractivity contribution in [2.75, 3.05) is 31.2 Å². The molecule has 1 aromatic heterocycles. The summed E-state index contributed by atoms with van der Waals surface area (Å²) in [5.41, 5.74) is 0. The lowest BCUT2D eigenvalue weighted by atomic mass is 10.4. The lowest BCUT2D eigenvalue weighted by Crippen LogP contribution is -2.37. The van der Waals surface area contributed by atoms with Gasteiger partial charge < -0.3 is 9.64 Å². The number of hydrogen-bond acceptors (Lipinski definition) is 3. The Labute approximate surface area is 96.1 Å². The van der Waals surface area contributed by atoms with Crippen molar-refractivity contribution in [3.63, 3.8) is 0 Å². The van der Waals surface area contributed by atoms with Gasteiger partial charge in [-0.3, -0.25) is 0 Å². The van der Waals surface area contributed by atoms with Crippen LogP contribution in [0.5, 0.6) is 0 Å². The zero-order valence-electron chi connectivity index (χ0n) is 7.54. The average molecular weight is 278 g/mol. The van der Waals surface area contributed by atoms with Crippen LogP contribution in [0.4, 0.5) is 5.82 Å². The maximum Gasteiger partial charge on any atom is 0.144 e. The molecule has 76 valence electrons. The van der Waals surface area contributed by atoms with Gasteiger partial charge in [0.25, 0.3) is 0 Å². The van der Waals surface area contributed by atoms with Crippen molar-refractivity contribution in [1.29, 1.82) is 0 Å². The Kier molecular flexibility index (Phi) is 3.26. The van der Waals surface area contributed by atoms with Crippen LogP contribution in [0, 0.1) is 0 Å². The van der Waals surface area contributed by atoms with Gasteiger partial charge >= 0.3 is 0 Å². The average Bonchev–Trinajstić information content (AvgIpc) is 2.23. The Hall–Kier alpha value is -0.320. The Balaban J connectivity index is 2.24. The Morgan fingerprint density at radius 1 is 1.36 bits per heavy atom. The molecule has 2 rings (SSSR count). The topological polar surface area (TPSA) is 25.4 Å². The number of halogens is 2. The maximum atomic E-state index is 5.85. The first-order chi connectivity index (χ1) is 6.77. The normalized spacial score (nSPS) is 17.1. The summed E-state index contributed by atoms with van der Waals surface area (Å²) in [6.07, 6.45) is 0. The number of morpholine rings is 1. The van der Waals surface area contributed by atoms with E-state index in [1.165, 1.54) is 0 Å². The summed E-state index contributed by atoms with van der Waals surface area (Å²) in [6, 6.07) is 3.69. The molecule has 0 saturated carbocycles. The molecule has 0 amide bonds. The summed E-state index contributed by atoms with van der Waals surface area (Å²) in [6.45, 7) is 3.24. The lowest BCUT2D eigenvalue weighted by Gasteiger charge is -2.28. The van der Waals surface area contributed by atoms with E-state index in [4.69, 9.17) is 16.3 Å². The summed E-state index contributed by atoms with van der Waals surface area (Å²) in [7, 11) is 0. The Bertz CT molecular complexity index is 329. The second-order valence-electron chi connectivity index (χ2n) is 3.04. The summed E-state index contributed by atoms with van der Waals surface area (Å²) >= 11 is 9.31. The number of pyridine rings is 1. The van der Waals surface area contributed by atoms with E-state index in [0.29, 0.717) is 5.15 Å². The number of anilines is 1. The van der Waals surface area contributed by atoms with Gasteiger partial charge in [-0.2, -0.15) is 0 Å². The van der Waals surface area contributed by atoms with Gasteiger partial charge in [0.2, 0.25) is 0 Å². The van der Waals surface area contributed by atoms with E-state index in [9.17, 15) is 0 Å². The van der Waals surface area contributed by atoms with E-state index in [2.05, 4.69) is 25.8 Å². The van der Waals surface area contributed by atoms with Crippen molar-refractivity contribution in [3.8, 4) is 0 Å². The third-order valence-corrected chi connectivity index (χ3v) is 2.93. The second-order valence-corrected chi connectivity index (χ2v) is 4.28. The molecule has 14 heavy (non-hydrogen) atoms. The molecular formula is C9H10BrClN2O. The fraction of sp³-hybridized carbons (Fsp3) is 0.444. The van der Waals surface area contributed by atoms with Gasteiger partial charge in [-0.25, -0.2) is 4.98 Å². The monoisotopic (exact) mass is 276 g/mol. The number of rotatable bonds is 1. The fourth-order valence-electron chi connectivity index (χ4n) is 1.41. The first kappa shape index (κ1) is 10.2. The molecule has 1 aliphatic heterocycles. The molecule has 1 aromatic rings. The van der Waals surface area contributed by atoms with Crippen molar-refractivity contribution >= 4 is 33.3 Å². The predicted octanol–water partition coefficient (Wildman–Crippen LogP) is 2.33. The first-order valence-corrected chi connectivity index (χ1v) is 5.59. The molecule has 0 N–H and O–H groups in total. The molecule has 0 aromatic carbocycles. The highest BCUT2D eigenvalue weighted by atomic mass is 79.9. The molecule has 0 atom stereocenters. The van der Waals surface area contributed by atoms with E-state index in [-0.39, 0.29) is 0 Å². The molecule has 1 fully saturated rings. The van der Waals surface area contributed by atoms with E-state index in [0.717, 1.165) is 36.6 Å². The van der Waals surface area contributed by atoms with E-state index in [1.807, 2.05) is 6.07 Å². The van der Waals surface area contributed by atoms with Crippen LogP contribution in [0.3, 0.4) is 0 Å². The van der Waals surface area contributed by atoms with Crippen molar-refractivity contribution < 1.29 is 4.74 Å². The predicted molar refractivity (Wildman–Crippen MR) is 60.0 cm³/mol. The van der Waals surface area contributed by atoms with Gasteiger partial charge in [-0.1, -0.05) is 11.6 Å². The zero-order valence-corrected chi connectivity index (χ0v) is 9.88. The molecule has 3 nitrogen and oxygen atoms in total. The minimum atomic E-state index is 0.523. The molecule has 1 saturated heterocycles. The number of aromatic nitrogens is 1. The summed E-state index contributed by atoms with van der Waals surface area (Å²) in [4.78, 5) is 6.45. The highest BCUT2D eigenvalue weighted by Crippen LogP contribution is 2.26. The number of ether oxygens (including phenoxy) is 1. The standard InChI is InChI=1S/C9H10BrClN2O/c10-7-1-2-8(11)12-9(7)13-3-5-14-6-4-13/h1-2H,3-6H2. The third-order valence-electron chi connectivity index (χ3n) is 2.10. The van der Waals surface area contributed by atoms with Gasteiger partial charge in [0.1, 0.15) is 11.0 Å². The quantitative estimate of drug-likeness (QED) is 0.737. The maximum absolute atomic E-state index is 5.85. The van der Waals surface area contributed by atoms with Crippen molar-refractivity contribution in [3.05, 3.63) is 21.8 Å². The summed E-state index contributed by atoms with van der Waals surface area (Å²) < 4.78 is 6.25. The van der Waals surface area contributed by atoms with E-state index < -0.39 is 0 Å². The van der Waals surface area contributed by atoms with Crippen molar-refractivity contribution in [2.24, 2.45) is 0 Å². The zero-order chi connectivity index (χ0) is 9.97. The molecule has 0 aliphatic carbocycles. The second kappa shape index (κ2) is 4.47. The first-order valence-electron chi connectivity index (χ1n) is 4.42. The van der Waals surface area contributed by atoms with E-state index >= 15 is 0 Å². The van der Waals surface area contributed by atoms with Gasteiger partial charge in [0, 0.05) is 13.1 Å². The SMILES string of the molecule is Clc1ccc(Br)c(N2CCOCC2)n1. The largest absolute Gasteiger partial charge is 0.378 e. The highest BCUT2D eigenvalue weighted by Gasteiger charge is 2.15. The summed E-state index contributed by atoms with van der Waals surface area (Å²) in [5.74, 6) is 0.904. The van der Waals surface area contributed by atoms with Crippen molar-refractivity contribution in [2.45, 2.75) is 0 Å². The smallest absolute Gasteiger partial charge is 0.144 e. The van der Waals surface area contributed by atoms with Crippen LogP contribution in [-0.4, -0.2) is 31.3 Å². The van der Waals surface area contributed by atoms with Crippen molar-refractivity contribution in [1.82, 2.24) is 4.98 Å². The van der Waals surface area contributed by atoms with Crippen LogP contribution >= 0.6 is 27.5 Å². The van der Waals surface area contributed by atoms with Gasteiger partial charge in [0.15, 0.2) is 0 Å². The fourth-order valence-corrected chi connectivity index (χ4v) is 2.02. The number of hydrogen-bond donors (Lipinski definition) is 0. The van der Waals surface area contributed by atoms with Crippen LogP contribution < -0.4 is 4.90 Å². The minimum absolute atomic E-state index is 0.523. The van der Waals surface area contributed by atoms with Gasteiger partial charge in [-0.05, 0) is 28.1 Å². The molecule has 0 radical (unpaired) electrons. The minimum Gasteiger partial charge on any atom is -0.378 e. The molecule has 0 bridgehead atoms.